The summed E-state index contributed by atoms with van der Waals surface area (Å²) in [5.41, 5.74) is -0.156. The lowest BCUT2D eigenvalue weighted by Crippen LogP contribution is -2.60. The molecule has 13 nitrogen and oxygen atoms in total. The first-order chi connectivity index (χ1) is 18.1. The van der Waals surface area contributed by atoms with Crippen LogP contribution in [0.5, 0.6) is 28.7 Å². The van der Waals surface area contributed by atoms with Crippen LogP contribution >= 0.6 is 0 Å². The first kappa shape index (κ1) is 27.4. The smallest absolute Gasteiger partial charge is 0.338 e. The topological polar surface area (TPSA) is 202 Å². The Kier molecular flexibility index (Phi) is 7.94. The predicted molar refractivity (Wildman–Crippen MR) is 125 cm³/mol. The summed E-state index contributed by atoms with van der Waals surface area (Å²) in [7, 11) is 2.56. The molecule has 6 atom stereocenters. The van der Waals surface area contributed by atoms with E-state index in [0.29, 0.717) is 0 Å². The molecular formula is C25H28O13. The second kappa shape index (κ2) is 11.0. The Bertz CT molecular complexity index is 1190. The molecule has 0 saturated carbocycles. The molecule has 6 N–H and O–H groups in total. The van der Waals surface area contributed by atoms with Crippen molar-refractivity contribution in [1.29, 1.82) is 0 Å². The van der Waals surface area contributed by atoms with Crippen LogP contribution in [0, 0.1) is 0 Å². The van der Waals surface area contributed by atoms with Gasteiger partial charge in [-0.3, -0.25) is 4.79 Å². The fourth-order valence-electron chi connectivity index (χ4n) is 4.38. The van der Waals surface area contributed by atoms with Gasteiger partial charge in [0, 0.05) is 12.0 Å². The fourth-order valence-corrected chi connectivity index (χ4v) is 4.38. The number of benzene rings is 2. The number of phenolic OH excluding ortho intramolecular Hbond substituents is 2. The second-order valence-corrected chi connectivity index (χ2v) is 8.81. The van der Waals surface area contributed by atoms with Gasteiger partial charge in [0.2, 0.25) is 12.0 Å². The number of esters is 1. The summed E-state index contributed by atoms with van der Waals surface area (Å²) >= 11 is 0. The van der Waals surface area contributed by atoms with Gasteiger partial charge in [0.1, 0.15) is 42.5 Å². The largest absolute Gasteiger partial charge is 0.508 e. The van der Waals surface area contributed by atoms with Crippen molar-refractivity contribution in [1.82, 2.24) is 0 Å². The molecule has 1 aliphatic heterocycles. The zero-order chi connectivity index (χ0) is 27.7. The first-order valence-corrected chi connectivity index (χ1v) is 11.6. The number of hydrogen-bond acceptors (Lipinski definition) is 13. The van der Waals surface area contributed by atoms with Gasteiger partial charge in [-0.2, -0.15) is 0 Å². The van der Waals surface area contributed by atoms with Gasteiger partial charge in [0.25, 0.3) is 0 Å². The van der Waals surface area contributed by atoms with E-state index in [4.69, 9.17) is 23.7 Å². The van der Waals surface area contributed by atoms with E-state index in [1.807, 2.05) is 0 Å². The molecule has 1 aliphatic carbocycles. The number of phenols is 2. The van der Waals surface area contributed by atoms with Crippen molar-refractivity contribution < 1.29 is 63.9 Å². The normalized spacial score (nSPS) is 26.8. The molecule has 4 rings (SSSR count). The molecule has 1 unspecified atom stereocenters. The number of aromatic hydroxyl groups is 2. The number of methoxy groups -OCH3 is 2. The first-order valence-electron chi connectivity index (χ1n) is 11.6. The van der Waals surface area contributed by atoms with Crippen LogP contribution in [0.2, 0.25) is 0 Å². The highest BCUT2D eigenvalue weighted by Gasteiger charge is 2.46. The molecule has 0 spiro atoms. The average molecular weight is 536 g/mol. The van der Waals surface area contributed by atoms with Gasteiger partial charge in [-0.1, -0.05) is 0 Å². The molecule has 2 aliphatic rings. The van der Waals surface area contributed by atoms with Gasteiger partial charge in [-0.05, 0) is 30.7 Å². The summed E-state index contributed by atoms with van der Waals surface area (Å²) < 4.78 is 26.5. The van der Waals surface area contributed by atoms with Crippen molar-refractivity contribution in [2.75, 3.05) is 20.8 Å². The molecule has 1 saturated heterocycles. The molecule has 0 amide bonds. The quantitative estimate of drug-likeness (QED) is 0.262. The van der Waals surface area contributed by atoms with Gasteiger partial charge in [-0.25, -0.2) is 4.79 Å². The van der Waals surface area contributed by atoms with Crippen molar-refractivity contribution in [2.24, 2.45) is 0 Å². The van der Waals surface area contributed by atoms with Crippen LogP contribution in [-0.4, -0.2) is 93.9 Å². The number of aliphatic hydroxyl groups excluding tert-OH is 4. The van der Waals surface area contributed by atoms with Crippen LogP contribution in [0.15, 0.2) is 24.3 Å². The fraction of sp³-hybridized carbons (Fsp3) is 0.440. The minimum absolute atomic E-state index is 0.00515. The third-order valence-corrected chi connectivity index (χ3v) is 6.45. The van der Waals surface area contributed by atoms with Crippen LogP contribution in [0.3, 0.4) is 0 Å². The van der Waals surface area contributed by atoms with Crippen LogP contribution < -0.4 is 14.2 Å². The summed E-state index contributed by atoms with van der Waals surface area (Å²) in [5.74, 6) is -2.15. The van der Waals surface area contributed by atoms with Crippen molar-refractivity contribution in [3.63, 3.8) is 0 Å². The zero-order valence-corrected chi connectivity index (χ0v) is 20.4. The molecule has 2 aromatic carbocycles. The molecule has 0 bridgehead atoms. The predicted octanol–water partition coefficient (Wildman–Crippen LogP) is 0.168. The van der Waals surface area contributed by atoms with Crippen LogP contribution in [0.25, 0.3) is 0 Å². The number of carbonyl (C=O) groups excluding carboxylic acids is 2. The number of fused-ring (bicyclic) bond motifs is 1. The number of rotatable bonds is 7. The number of ether oxygens (including phenoxy) is 5. The molecule has 2 aromatic rings. The third kappa shape index (κ3) is 5.06. The Hall–Kier alpha value is -3.62. The molecule has 1 fully saturated rings. The van der Waals surface area contributed by atoms with Crippen molar-refractivity contribution in [3.8, 4) is 28.7 Å². The maximum atomic E-state index is 12.6. The molecule has 13 heteroatoms. The highest BCUT2D eigenvalue weighted by Crippen LogP contribution is 2.42. The minimum Gasteiger partial charge on any atom is -0.508 e. The number of aliphatic hydroxyl groups is 4. The molecule has 0 radical (unpaired) electrons. The van der Waals surface area contributed by atoms with Crippen molar-refractivity contribution in [3.05, 3.63) is 41.0 Å². The van der Waals surface area contributed by atoms with E-state index in [0.717, 1.165) is 0 Å². The number of ketones is 1. The van der Waals surface area contributed by atoms with Gasteiger partial charge < -0.3 is 54.3 Å². The summed E-state index contributed by atoms with van der Waals surface area (Å²) in [6, 6.07) is 4.87. The second-order valence-electron chi connectivity index (χ2n) is 8.81. The highest BCUT2D eigenvalue weighted by molar-refractivity contribution is 6.02. The molecular weight excluding hydrogens is 508 g/mol. The van der Waals surface area contributed by atoms with Gasteiger partial charge in [0.15, 0.2) is 17.3 Å². The lowest BCUT2D eigenvalue weighted by molar-refractivity contribution is -0.277. The number of carbonyl (C=O) groups is 2. The van der Waals surface area contributed by atoms with E-state index >= 15 is 0 Å². The van der Waals surface area contributed by atoms with Gasteiger partial charge in [0.05, 0.1) is 31.5 Å². The number of Topliss-reactive ketones (excluding diaryl/α,β-unsaturated/α-hetero) is 1. The maximum absolute atomic E-state index is 12.6. The van der Waals surface area contributed by atoms with E-state index in [9.17, 15) is 40.2 Å². The molecule has 38 heavy (non-hydrogen) atoms. The lowest BCUT2D eigenvalue weighted by atomic mass is 9.87. The van der Waals surface area contributed by atoms with Crippen molar-refractivity contribution >= 4 is 11.8 Å². The maximum Gasteiger partial charge on any atom is 0.338 e. The van der Waals surface area contributed by atoms with Gasteiger partial charge >= 0.3 is 5.97 Å². The highest BCUT2D eigenvalue weighted by atomic mass is 16.7. The lowest BCUT2D eigenvalue weighted by Gasteiger charge is -2.40. The molecule has 0 aromatic heterocycles. The SMILES string of the molecule is COc1cc(C(=O)OC[C@H]2O[C@@H](Oc3ccc(O)c4c3C(=O)CCC4O)[C@H](O)[C@@H](O)[C@@H]2O)cc(OC)c1O. The van der Waals surface area contributed by atoms with E-state index < -0.39 is 55.2 Å². The van der Waals surface area contributed by atoms with Crippen LogP contribution in [-0.2, 0) is 9.47 Å². The summed E-state index contributed by atoms with van der Waals surface area (Å²) in [5, 5.41) is 61.7. The standard InChI is InChI=1S/C25H28O13/c1-34-15-7-10(8-16(35-2)20(15)29)24(33)36-9-17-21(30)22(31)23(32)25(38-17)37-14-6-5-12(27)18-11(26)3-4-13(28)19(14)18/h5-8,11,17,21-23,25-27,29-32H,3-4,9H2,1-2H3/t11?,17-,21-,22+,23-,25-/m1/s1. The monoisotopic (exact) mass is 536 g/mol. The summed E-state index contributed by atoms with van der Waals surface area (Å²) in [6.07, 6.45) is -9.21. The molecule has 206 valence electrons. The Morgan fingerprint density at radius 3 is 2.26 bits per heavy atom. The average Bonchev–Trinajstić information content (AvgIpc) is 2.91. The summed E-state index contributed by atoms with van der Waals surface area (Å²) in [4.78, 5) is 25.2. The minimum atomic E-state index is -1.78. The van der Waals surface area contributed by atoms with E-state index in [2.05, 4.69) is 0 Å². The Balaban J connectivity index is 1.52. The van der Waals surface area contributed by atoms with Crippen LogP contribution in [0.4, 0.5) is 0 Å². The Morgan fingerprint density at radius 2 is 1.63 bits per heavy atom. The summed E-state index contributed by atoms with van der Waals surface area (Å²) in [6.45, 7) is -0.583. The van der Waals surface area contributed by atoms with E-state index in [-0.39, 0.29) is 58.3 Å². The van der Waals surface area contributed by atoms with E-state index in [1.54, 1.807) is 0 Å². The van der Waals surface area contributed by atoms with E-state index in [1.165, 1.54) is 38.5 Å². The van der Waals surface area contributed by atoms with Crippen LogP contribution in [0.1, 0.15) is 45.2 Å². The third-order valence-electron chi connectivity index (χ3n) is 6.45. The van der Waals surface area contributed by atoms with Crippen molar-refractivity contribution in [2.45, 2.75) is 49.7 Å². The molecule has 1 heterocycles. The Labute approximate surface area is 216 Å². The Morgan fingerprint density at radius 1 is 0.974 bits per heavy atom. The van der Waals surface area contributed by atoms with Gasteiger partial charge in [-0.15, -0.1) is 0 Å². The number of hydrogen-bond donors (Lipinski definition) is 6. The zero-order valence-electron chi connectivity index (χ0n) is 20.4.